The van der Waals surface area contributed by atoms with E-state index in [9.17, 15) is 4.79 Å². The molecule has 0 aromatic heterocycles. The summed E-state index contributed by atoms with van der Waals surface area (Å²) in [7, 11) is 0. The van der Waals surface area contributed by atoms with Crippen LogP contribution in [-0.4, -0.2) is 29.9 Å². The largest absolute Gasteiger partial charge is 0.341 e. The van der Waals surface area contributed by atoms with Crippen LogP contribution in [0.5, 0.6) is 0 Å². The van der Waals surface area contributed by atoms with Gasteiger partial charge in [-0.25, -0.2) is 0 Å². The molecule has 2 N–H and O–H groups in total. The topological polar surface area (TPSA) is 46.3 Å². The Labute approximate surface area is 85.6 Å². The van der Waals surface area contributed by atoms with E-state index in [1.807, 2.05) is 4.90 Å². The number of carbonyl (C=O) groups excluding carboxylic acids is 1. The molecule has 3 nitrogen and oxygen atoms in total. The Morgan fingerprint density at radius 3 is 2.71 bits per heavy atom. The number of hydrogen-bond donors (Lipinski definition) is 1. The lowest BCUT2D eigenvalue weighted by atomic mass is 9.76. The Morgan fingerprint density at radius 1 is 1.57 bits per heavy atom. The zero-order chi connectivity index (χ0) is 10.1. The third-order valence-corrected chi connectivity index (χ3v) is 3.71. The highest BCUT2D eigenvalue weighted by Gasteiger charge is 2.31. The van der Waals surface area contributed by atoms with E-state index in [0.717, 1.165) is 19.0 Å². The summed E-state index contributed by atoms with van der Waals surface area (Å²) in [6, 6.07) is 0.0797. The lowest BCUT2D eigenvalue weighted by Crippen LogP contribution is -2.35. The first-order valence-corrected chi connectivity index (χ1v) is 5.70. The van der Waals surface area contributed by atoms with Crippen LogP contribution < -0.4 is 5.73 Å². The summed E-state index contributed by atoms with van der Waals surface area (Å²) in [5.74, 6) is 1.78. The van der Waals surface area contributed by atoms with E-state index in [-0.39, 0.29) is 11.9 Å². The molecule has 80 valence electrons. The third kappa shape index (κ3) is 1.92. The van der Waals surface area contributed by atoms with Crippen molar-refractivity contribution in [3.63, 3.8) is 0 Å². The average Bonchev–Trinajstić information content (AvgIpc) is 2.26. The molecule has 1 saturated carbocycles. The highest BCUT2D eigenvalue weighted by atomic mass is 16.2. The fourth-order valence-corrected chi connectivity index (χ4v) is 2.48. The van der Waals surface area contributed by atoms with Gasteiger partial charge in [-0.2, -0.15) is 0 Å². The molecule has 1 heterocycles. The summed E-state index contributed by atoms with van der Waals surface area (Å²) in [5.41, 5.74) is 5.75. The van der Waals surface area contributed by atoms with Gasteiger partial charge >= 0.3 is 0 Å². The van der Waals surface area contributed by atoms with E-state index in [2.05, 4.69) is 6.92 Å². The smallest absolute Gasteiger partial charge is 0.224 e. The molecule has 14 heavy (non-hydrogen) atoms. The number of amides is 1. The predicted octanol–water partition coefficient (Wildman–Crippen LogP) is 0.982. The maximum absolute atomic E-state index is 11.5. The molecule has 2 atom stereocenters. The summed E-state index contributed by atoms with van der Waals surface area (Å²) in [6.07, 6.45) is 4.64. The Balaban J connectivity index is 1.81. The molecule has 0 spiro atoms. The SMILES string of the molecule is CC(CN1CC(N)CC1=O)C1CCC1. The first kappa shape index (κ1) is 9.97. The highest BCUT2D eigenvalue weighted by molar-refractivity contribution is 5.79. The van der Waals surface area contributed by atoms with Crippen molar-refractivity contribution in [3.8, 4) is 0 Å². The highest BCUT2D eigenvalue weighted by Crippen LogP contribution is 2.33. The maximum atomic E-state index is 11.5. The lowest BCUT2D eigenvalue weighted by Gasteiger charge is -2.33. The minimum absolute atomic E-state index is 0.0797. The van der Waals surface area contributed by atoms with Gasteiger partial charge in [0.2, 0.25) is 5.91 Å². The van der Waals surface area contributed by atoms with Crippen molar-refractivity contribution in [1.29, 1.82) is 0 Å². The van der Waals surface area contributed by atoms with E-state index in [4.69, 9.17) is 5.73 Å². The maximum Gasteiger partial charge on any atom is 0.224 e. The van der Waals surface area contributed by atoms with E-state index >= 15 is 0 Å². The van der Waals surface area contributed by atoms with Gasteiger partial charge in [0.25, 0.3) is 0 Å². The monoisotopic (exact) mass is 196 g/mol. The molecule has 2 rings (SSSR count). The van der Waals surface area contributed by atoms with Gasteiger partial charge in [0.1, 0.15) is 0 Å². The van der Waals surface area contributed by atoms with Crippen molar-refractivity contribution in [1.82, 2.24) is 4.90 Å². The van der Waals surface area contributed by atoms with Gasteiger partial charge in [0.15, 0.2) is 0 Å². The van der Waals surface area contributed by atoms with Crippen LogP contribution in [0.4, 0.5) is 0 Å². The molecule has 3 heteroatoms. The third-order valence-electron chi connectivity index (χ3n) is 3.71. The van der Waals surface area contributed by atoms with Crippen molar-refractivity contribution < 1.29 is 4.79 Å². The molecular weight excluding hydrogens is 176 g/mol. The molecule has 1 saturated heterocycles. The number of nitrogens with two attached hydrogens (primary N) is 1. The van der Waals surface area contributed by atoms with Crippen LogP contribution in [0.25, 0.3) is 0 Å². The van der Waals surface area contributed by atoms with Gasteiger partial charge in [-0.15, -0.1) is 0 Å². The van der Waals surface area contributed by atoms with Gasteiger partial charge in [-0.05, 0) is 11.8 Å². The number of hydrogen-bond acceptors (Lipinski definition) is 2. The van der Waals surface area contributed by atoms with Gasteiger partial charge in [-0.3, -0.25) is 4.79 Å². The molecule has 1 aliphatic carbocycles. The first-order valence-electron chi connectivity index (χ1n) is 5.70. The minimum atomic E-state index is 0.0797. The number of rotatable bonds is 3. The second-order valence-corrected chi connectivity index (χ2v) is 4.93. The van der Waals surface area contributed by atoms with Crippen LogP contribution in [0.3, 0.4) is 0 Å². The molecule has 0 bridgehead atoms. The zero-order valence-corrected chi connectivity index (χ0v) is 8.91. The van der Waals surface area contributed by atoms with Crippen LogP contribution in [0, 0.1) is 11.8 Å². The van der Waals surface area contributed by atoms with Crippen LogP contribution in [-0.2, 0) is 4.79 Å². The molecule has 0 aromatic carbocycles. The van der Waals surface area contributed by atoms with Gasteiger partial charge in [0, 0.05) is 25.6 Å². The summed E-state index contributed by atoms with van der Waals surface area (Å²) in [5, 5.41) is 0. The van der Waals surface area contributed by atoms with Crippen LogP contribution in [0.2, 0.25) is 0 Å². The average molecular weight is 196 g/mol. The lowest BCUT2D eigenvalue weighted by molar-refractivity contribution is -0.128. The standard InChI is InChI=1S/C11H20N2O/c1-8(9-3-2-4-9)6-13-7-10(12)5-11(13)14/h8-10H,2-7,12H2,1H3. The van der Waals surface area contributed by atoms with Gasteiger partial charge in [0.05, 0.1) is 0 Å². The van der Waals surface area contributed by atoms with Crippen molar-refractivity contribution in [2.24, 2.45) is 17.6 Å². The molecule has 2 fully saturated rings. The molecule has 2 aliphatic rings. The van der Waals surface area contributed by atoms with Gasteiger partial charge < -0.3 is 10.6 Å². The second kappa shape index (κ2) is 3.89. The fourth-order valence-electron chi connectivity index (χ4n) is 2.48. The summed E-state index contributed by atoms with van der Waals surface area (Å²) >= 11 is 0. The van der Waals surface area contributed by atoms with E-state index in [1.54, 1.807) is 0 Å². The van der Waals surface area contributed by atoms with E-state index in [0.29, 0.717) is 12.3 Å². The molecule has 1 amide bonds. The molecule has 0 radical (unpaired) electrons. The summed E-state index contributed by atoms with van der Waals surface area (Å²) in [6.45, 7) is 3.97. The van der Waals surface area contributed by atoms with E-state index < -0.39 is 0 Å². The molecule has 2 unspecified atom stereocenters. The zero-order valence-electron chi connectivity index (χ0n) is 8.91. The van der Waals surface area contributed by atoms with E-state index in [1.165, 1.54) is 19.3 Å². The minimum Gasteiger partial charge on any atom is -0.341 e. The summed E-state index contributed by atoms with van der Waals surface area (Å²) < 4.78 is 0. The first-order chi connectivity index (χ1) is 6.66. The Bertz CT molecular complexity index is 225. The number of carbonyl (C=O) groups is 1. The normalized spacial score (nSPS) is 30.6. The van der Waals surface area contributed by atoms with Crippen molar-refractivity contribution >= 4 is 5.91 Å². The molecule has 0 aromatic rings. The van der Waals surface area contributed by atoms with Crippen LogP contribution >= 0.6 is 0 Å². The Morgan fingerprint density at radius 2 is 2.29 bits per heavy atom. The van der Waals surface area contributed by atoms with Crippen molar-refractivity contribution in [3.05, 3.63) is 0 Å². The van der Waals surface area contributed by atoms with Gasteiger partial charge in [-0.1, -0.05) is 26.2 Å². The Hall–Kier alpha value is -0.570. The van der Waals surface area contributed by atoms with Crippen molar-refractivity contribution in [2.75, 3.05) is 13.1 Å². The van der Waals surface area contributed by atoms with Crippen LogP contribution in [0.1, 0.15) is 32.6 Å². The quantitative estimate of drug-likeness (QED) is 0.731. The predicted molar refractivity (Wildman–Crippen MR) is 55.7 cm³/mol. The molecular formula is C11H20N2O. The number of nitrogens with zero attached hydrogens (tertiary/aromatic N) is 1. The second-order valence-electron chi connectivity index (χ2n) is 4.93. The molecule has 1 aliphatic heterocycles. The Kier molecular flexibility index (Phi) is 2.77. The van der Waals surface area contributed by atoms with Crippen molar-refractivity contribution in [2.45, 2.75) is 38.6 Å². The fraction of sp³-hybridized carbons (Fsp3) is 0.909. The summed E-state index contributed by atoms with van der Waals surface area (Å²) in [4.78, 5) is 13.4. The number of likely N-dealkylation sites (tertiary alicyclic amines) is 1. The van der Waals surface area contributed by atoms with Crippen LogP contribution in [0.15, 0.2) is 0 Å².